The van der Waals surface area contributed by atoms with Crippen LogP contribution in [0.3, 0.4) is 0 Å². The first-order chi connectivity index (χ1) is 6.66. The van der Waals surface area contributed by atoms with E-state index in [0.29, 0.717) is 5.92 Å². The first-order valence-corrected chi connectivity index (χ1v) is 5.57. The summed E-state index contributed by atoms with van der Waals surface area (Å²) in [4.78, 5) is 4.42. The van der Waals surface area contributed by atoms with Crippen LogP contribution in [0.25, 0.3) is 5.52 Å². The number of rotatable bonds is 2. The van der Waals surface area contributed by atoms with Gasteiger partial charge in [0.25, 0.3) is 0 Å². The zero-order valence-electron chi connectivity index (χ0n) is 8.37. The zero-order chi connectivity index (χ0) is 10.1. The van der Waals surface area contributed by atoms with Crippen LogP contribution in [0.4, 0.5) is 0 Å². The Hall–Kier alpha value is -0.830. The predicted octanol–water partition coefficient (Wildman–Crippen LogP) is 3.30. The first-order valence-electron chi connectivity index (χ1n) is 4.78. The molecule has 0 aromatic carbocycles. The highest BCUT2D eigenvalue weighted by Crippen LogP contribution is 2.15. The lowest BCUT2D eigenvalue weighted by molar-refractivity contribution is 0.619. The Labute approximate surface area is 92.1 Å². The van der Waals surface area contributed by atoms with Gasteiger partial charge in [0.2, 0.25) is 0 Å². The van der Waals surface area contributed by atoms with Gasteiger partial charge in [0, 0.05) is 17.1 Å². The van der Waals surface area contributed by atoms with E-state index in [0.717, 1.165) is 22.2 Å². The molecular formula is C11H13BrN2. The maximum Gasteiger partial charge on any atom is 0.113 e. The number of imidazole rings is 1. The molecule has 2 heterocycles. The van der Waals surface area contributed by atoms with Crippen LogP contribution in [0, 0.1) is 5.92 Å². The van der Waals surface area contributed by atoms with Gasteiger partial charge in [-0.15, -0.1) is 0 Å². The van der Waals surface area contributed by atoms with Crippen molar-refractivity contribution >= 4 is 21.4 Å². The molecule has 0 spiro atoms. The molecular weight excluding hydrogens is 240 g/mol. The van der Waals surface area contributed by atoms with E-state index in [9.17, 15) is 0 Å². The Balaban J connectivity index is 2.50. The van der Waals surface area contributed by atoms with Crippen molar-refractivity contribution in [1.82, 2.24) is 9.38 Å². The maximum atomic E-state index is 4.42. The second-order valence-electron chi connectivity index (χ2n) is 3.91. The van der Waals surface area contributed by atoms with E-state index in [-0.39, 0.29) is 0 Å². The predicted molar refractivity (Wildman–Crippen MR) is 61.4 cm³/mol. The summed E-state index contributed by atoms with van der Waals surface area (Å²) in [5.41, 5.74) is 1.16. The van der Waals surface area contributed by atoms with Crippen LogP contribution in [0.1, 0.15) is 19.7 Å². The summed E-state index contributed by atoms with van der Waals surface area (Å²) in [7, 11) is 0. The molecule has 3 heteroatoms. The molecule has 0 aliphatic rings. The number of aromatic nitrogens is 2. The molecule has 0 fully saturated rings. The quantitative estimate of drug-likeness (QED) is 0.802. The van der Waals surface area contributed by atoms with Crippen LogP contribution in [0.5, 0.6) is 0 Å². The van der Waals surface area contributed by atoms with Crippen molar-refractivity contribution in [2.75, 3.05) is 0 Å². The number of hydrogen-bond donors (Lipinski definition) is 0. The summed E-state index contributed by atoms with van der Waals surface area (Å²) >= 11 is 3.47. The van der Waals surface area contributed by atoms with E-state index in [1.807, 2.05) is 12.3 Å². The van der Waals surface area contributed by atoms with Crippen molar-refractivity contribution in [2.45, 2.75) is 20.3 Å². The normalized spacial score (nSPS) is 11.4. The van der Waals surface area contributed by atoms with Crippen LogP contribution in [-0.4, -0.2) is 9.38 Å². The molecule has 0 unspecified atom stereocenters. The number of nitrogens with zero attached hydrogens (tertiary/aromatic N) is 2. The van der Waals surface area contributed by atoms with Gasteiger partial charge in [-0.3, -0.25) is 0 Å². The molecule has 0 amide bonds. The Morgan fingerprint density at radius 3 is 2.93 bits per heavy atom. The molecule has 0 N–H and O–H groups in total. The van der Waals surface area contributed by atoms with Crippen molar-refractivity contribution in [1.29, 1.82) is 0 Å². The highest BCUT2D eigenvalue weighted by atomic mass is 79.9. The first kappa shape index (κ1) is 9.71. The third kappa shape index (κ3) is 1.82. The molecule has 0 bridgehead atoms. The topological polar surface area (TPSA) is 17.3 Å². The van der Waals surface area contributed by atoms with Gasteiger partial charge in [-0.25, -0.2) is 4.98 Å². The molecule has 0 saturated heterocycles. The van der Waals surface area contributed by atoms with Crippen LogP contribution in [0.2, 0.25) is 0 Å². The van der Waals surface area contributed by atoms with Crippen molar-refractivity contribution in [2.24, 2.45) is 5.92 Å². The Kier molecular flexibility index (Phi) is 2.59. The Morgan fingerprint density at radius 2 is 2.21 bits per heavy atom. The molecule has 2 aromatic rings. The Bertz CT molecular complexity index is 445. The average Bonchev–Trinajstić information content (AvgIpc) is 2.47. The second-order valence-corrected chi connectivity index (χ2v) is 4.83. The summed E-state index contributed by atoms with van der Waals surface area (Å²) in [6.07, 6.45) is 5.01. The van der Waals surface area contributed by atoms with Crippen molar-refractivity contribution < 1.29 is 0 Å². The third-order valence-corrected chi connectivity index (χ3v) is 2.63. The summed E-state index contributed by atoms with van der Waals surface area (Å²) in [6.45, 7) is 4.41. The van der Waals surface area contributed by atoms with Gasteiger partial charge in [0.05, 0.1) is 11.7 Å². The molecule has 0 atom stereocenters. The highest BCUT2D eigenvalue weighted by molar-refractivity contribution is 9.10. The van der Waals surface area contributed by atoms with Gasteiger partial charge in [-0.2, -0.15) is 0 Å². The Morgan fingerprint density at radius 1 is 1.43 bits per heavy atom. The van der Waals surface area contributed by atoms with Gasteiger partial charge >= 0.3 is 0 Å². The number of pyridine rings is 1. The van der Waals surface area contributed by atoms with E-state index in [1.54, 1.807) is 0 Å². The fourth-order valence-corrected chi connectivity index (χ4v) is 1.87. The van der Waals surface area contributed by atoms with E-state index in [1.165, 1.54) is 0 Å². The smallest absolute Gasteiger partial charge is 0.113 e. The summed E-state index contributed by atoms with van der Waals surface area (Å²) in [5, 5.41) is 0. The number of halogens is 1. The third-order valence-electron chi connectivity index (χ3n) is 2.16. The highest BCUT2D eigenvalue weighted by Gasteiger charge is 2.05. The lowest BCUT2D eigenvalue weighted by Crippen LogP contribution is -2.00. The molecule has 0 aliphatic carbocycles. The van der Waals surface area contributed by atoms with Crippen molar-refractivity contribution in [3.05, 3.63) is 34.8 Å². The fraction of sp³-hybridized carbons (Fsp3) is 0.364. The lowest BCUT2D eigenvalue weighted by Gasteiger charge is -2.04. The molecule has 0 radical (unpaired) electrons. The molecule has 2 nitrogen and oxygen atoms in total. The van der Waals surface area contributed by atoms with Crippen molar-refractivity contribution in [3.63, 3.8) is 0 Å². The summed E-state index contributed by atoms with van der Waals surface area (Å²) in [5.74, 6) is 1.77. The van der Waals surface area contributed by atoms with Gasteiger partial charge in [-0.05, 0) is 34.0 Å². The minimum absolute atomic E-state index is 0.639. The largest absolute Gasteiger partial charge is 0.303 e. The van der Waals surface area contributed by atoms with E-state index in [2.05, 4.69) is 51.4 Å². The van der Waals surface area contributed by atoms with Crippen LogP contribution in [0.15, 0.2) is 29.0 Å². The molecule has 14 heavy (non-hydrogen) atoms. The fourth-order valence-electron chi connectivity index (χ4n) is 1.53. The van der Waals surface area contributed by atoms with Crippen molar-refractivity contribution in [3.8, 4) is 0 Å². The standard InChI is InChI=1S/C11H13BrN2/c1-8(2)5-11-13-6-10-4-3-9(12)7-14(10)11/h3-4,6-8H,5H2,1-2H3. The molecule has 0 saturated carbocycles. The summed E-state index contributed by atoms with van der Waals surface area (Å²) in [6, 6.07) is 4.11. The van der Waals surface area contributed by atoms with Gasteiger partial charge in [0.1, 0.15) is 5.82 Å². The van der Waals surface area contributed by atoms with Gasteiger partial charge < -0.3 is 4.40 Å². The lowest BCUT2D eigenvalue weighted by atomic mass is 10.1. The number of hydrogen-bond acceptors (Lipinski definition) is 1. The molecule has 0 aliphatic heterocycles. The van der Waals surface area contributed by atoms with Gasteiger partial charge in [-0.1, -0.05) is 13.8 Å². The monoisotopic (exact) mass is 252 g/mol. The zero-order valence-corrected chi connectivity index (χ0v) is 9.95. The minimum Gasteiger partial charge on any atom is -0.303 e. The van der Waals surface area contributed by atoms with Crippen LogP contribution >= 0.6 is 15.9 Å². The van der Waals surface area contributed by atoms with Crippen LogP contribution in [-0.2, 0) is 6.42 Å². The molecule has 74 valence electrons. The number of fused-ring (bicyclic) bond motifs is 1. The maximum absolute atomic E-state index is 4.42. The molecule has 2 rings (SSSR count). The minimum atomic E-state index is 0.639. The van der Waals surface area contributed by atoms with E-state index >= 15 is 0 Å². The van der Waals surface area contributed by atoms with Gasteiger partial charge in [0.15, 0.2) is 0 Å². The van der Waals surface area contributed by atoms with Crippen LogP contribution < -0.4 is 0 Å². The average molecular weight is 253 g/mol. The SMILES string of the molecule is CC(C)Cc1ncc2ccc(Br)cn12. The second kappa shape index (κ2) is 3.73. The van der Waals surface area contributed by atoms with E-state index < -0.39 is 0 Å². The molecule has 2 aromatic heterocycles. The van der Waals surface area contributed by atoms with E-state index in [4.69, 9.17) is 0 Å². The summed E-state index contributed by atoms with van der Waals surface area (Å²) < 4.78 is 3.23.